The minimum absolute atomic E-state index is 0.0712. The second-order valence-corrected chi connectivity index (χ2v) is 12.0. The van der Waals surface area contributed by atoms with E-state index in [0.717, 1.165) is 28.2 Å². The molecule has 5 aromatic carbocycles. The molecule has 0 aliphatic carbocycles. The standard InChI is InChI=1S/C31H27NO2.C12H12/c1-5-12-22(6-2)30(24(20-33)21-34)23-17-18-29-27(19-23)31(3,4)26-15-10-11-16-28(26)32(29)25-13-8-7-9-14-25;1-9-7-11-5-3-4-6-12(11)8-10(9)2/h5-21H,1-2H2,3-4H3;3-8H,1-2H3/b22-12+;. The van der Waals surface area contributed by atoms with Crippen molar-refractivity contribution in [1.29, 1.82) is 0 Å². The van der Waals surface area contributed by atoms with Crippen molar-refractivity contribution in [2.45, 2.75) is 33.1 Å². The van der Waals surface area contributed by atoms with Crippen molar-refractivity contribution in [2.75, 3.05) is 4.90 Å². The van der Waals surface area contributed by atoms with Crippen LogP contribution in [0.1, 0.15) is 41.7 Å². The Bertz CT molecular complexity index is 1960. The van der Waals surface area contributed by atoms with E-state index in [9.17, 15) is 9.59 Å². The summed E-state index contributed by atoms with van der Waals surface area (Å²) in [6.45, 7) is 16.4. The first-order valence-corrected chi connectivity index (χ1v) is 15.4. The maximum absolute atomic E-state index is 11.8. The third-order valence-electron chi connectivity index (χ3n) is 8.74. The van der Waals surface area contributed by atoms with Gasteiger partial charge in [-0.1, -0.05) is 124 Å². The topological polar surface area (TPSA) is 37.4 Å². The Balaban J connectivity index is 0.000000289. The Morgan fingerprint density at radius 1 is 0.674 bits per heavy atom. The van der Waals surface area contributed by atoms with Gasteiger partial charge in [0, 0.05) is 16.7 Å². The summed E-state index contributed by atoms with van der Waals surface area (Å²) in [5.41, 5.74) is 10.0. The molecule has 0 fully saturated rings. The fraction of sp³-hybridized carbons (Fsp3) is 0.116. The third kappa shape index (κ3) is 6.05. The van der Waals surface area contributed by atoms with Crippen LogP contribution in [0.3, 0.4) is 0 Å². The second-order valence-electron chi connectivity index (χ2n) is 12.0. The number of carbonyl (C=O) groups is 2. The normalized spacial score (nSPS) is 13.0. The van der Waals surface area contributed by atoms with Crippen LogP contribution in [-0.4, -0.2) is 12.6 Å². The SMILES string of the molecule is C=C/C=C(\C=C)C(=C(C=O)C=O)c1ccc2c(c1)C(C)(C)c1ccccc1N2c1ccccc1.Cc1cc2ccccc2cc1C. The molecule has 0 unspecified atom stereocenters. The van der Waals surface area contributed by atoms with Gasteiger partial charge in [-0.15, -0.1) is 0 Å². The quantitative estimate of drug-likeness (QED) is 0.0612. The Morgan fingerprint density at radius 3 is 1.83 bits per heavy atom. The van der Waals surface area contributed by atoms with Gasteiger partial charge in [-0.3, -0.25) is 9.59 Å². The third-order valence-corrected chi connectivity index (χ3v) is 8.74. The molecule has 1 aliphatic rings. The highest BCUT2D eigenvalue weighted by Gasteiger charge is 2.37. The van der Waals surface area contributed by atoms with Crippen LogP contribution in [0.15, 0.2) is 152 Å². The first-order valence-electron chi connectivity index (χ1n) is 15.4. The van der Waals surface area contributed by atoms with E-state index in [1.165, 1.54) is 27.5 Å². The molecule has 0 spiro atoms. The zero-order chi connectivity index (χ0) is 32.8. The van der Waals surface area contributed by atoms with Gasteiger partial charge in [0.15, 0.2) is 12.6 Å². The molecule has 1 heterocycles. The number of allylic oxidation sites excluding steroid dienone is 6. The summed E-state index contributed by atoms with van der Waals surface area (Å²) in [4.78, 5) is 25.9. The minimum atomic E-state index is -0.308. The molecule has 0 aromatic heterocycles. The summed E-state index contributed by atoms with van der Waals surface area (Å²) in [5.74, 6) is 0. The number of hydrogen-bond acceptors (Lipinski definition) is 3. The Hall–Kier alpha value is -5.54. The van der Waals surface area contributed by atoms with Crippen molar-refractivity contribution in [1.82, 2.24) is 0 Å². The molecule has 0 radical (unpaired) electrons. The fourth-order valence-electron chi connectivity index (χ4n) is 6.21. The highest BCUT2D eigenvalue weighted by atomic mass is 16.1. The molecule has 46 heavy (non-hydrogen) atoms. The molecule has 0 amide bonds. The van der Waals surface area contributed by atoms with Crippen molar-refractivity contribution in [3.05, 3.63) is 180 Å². The number of nitrogens with zero attached hydrogens (tertiary/aromatic N) is 1. The van der Waals surface area contributed by atoms with Crippen molar-refractivity contribution in [3.8, 4) is 0 Å². The number of carbonyl (C=O) groups excluding carboxylic acids is 2. The van der Waals surface area contributed by atoms with E-state index in [2.05, 4.69) is 131 Å². The molecular weight excluding hydrogens is 562 g/mol. The molecule has 0 saturated carbocycles. The molecule has 1 aliphatic heterocycles. The minimum Gasteiger partial charge on any atom is -0.310 e. The van der Waals surface area contributed by atoms with Gasteiger partial charge >= 0.3 is 0 Å². The molecule has 3 heteroatoms. The summed E-state index contributed by atoms with van der Waals surface area (Å²) >= 11 is 0. The van der Waals surface area contributed by atoms with Crippen LogP contribution in [0.5, 0.6) is 0 Å². The van der Waals surface area contributed by atoms with E-state index in [-0.39, 0.29) is 11.0 Å². The maximum atomic E-state index is 11.8. The number of aldehydes is 2. The van der Waals surface area contributed by atoms with Gasteiger partial charge < -0.3 is 4.90 Å². The smallest absolute Gasteiger partial charge is 0.153 e. The van der Waals surface area contributed by atoms with E-state index in [0.29, 0.717) is 23.7 Å². The highest BCUT2D eigenvalue weighted by Crippen LogP contribution is 2.52. The number of rotatable bonds is 7. The Morgan fingerprint density at radius 2 is 1.24 bits per heavy atom. The predicted molar refractivity (Wildman–Crippen MR) is 194 cm³/mol. The molecule has 228 valence electrons. The van der Waals surface area contributed by atoms with Crippen molar-refractivity contribution in [2.24, 2.45) is 0 Å². The first kappa shape index (κ1) is 31.9. The van der Waals surface area contributed by atoms with E-state index in [1.807, 2.05) is 24.3 Å². The lowest BCUT2D eigenvalue weighted by molar-refractivity contribution is -0.109. The average molecular weight is 602 g/mol. The fourth-order valence-corrected chi connectivity index (χ4v) is 6.21. The molecule has 0 atom stereocenters. The summed E-state index contributed by atoms with van der Waals surface area (Å²) in [6, 6.07) is 37.7. The molecule has 0 N–H and O–H groups in total. The molecule has 0 saturated heterocycles. The predicted octanol–water partition coefficient (Wildman–Crippen LogP) is 10.7. The largest absolute Gasteiger partial charge is 0.310 e. The van der Waals surface area contributed by atoms with Gasteiger partial charge in [-0.25, -0.2) is 0 Å². The van der Waals surface area contributed by atoms with E-state index in [1.54, 1.807) is 18.2 Å². The molecule has 6 rings (SSSR count). The lowest BCUT2D eigenvalue weighted by Gasteiger charge is -2.42. The van der Waals surface area contributed by atoms with Crippen LogP contribution >= 0.6 is 0 Å². The van der Waals surface area contributed by atoms with Crippen LogP contribution < -0.4 is 4.90 Å². The number of para-hydroxylation sites is 2. The van der Waals surface area contributed by atoms with Gasteiger partial charge in [0.25, 0.3) is 0 Å². The summed E-state index contributed by atoms with van der Waals surface area (Å²) in [5, 5.41) is 2.67. The van der Waals surface area contributed by atoms with Gasteiger partial charge in [-0.2, -0.15) is 0 Å². The Labute approximate surface area is 272 Å². The lowest BCUT2D eigenvalue weighted by Crippen LogP contribution is -2.30. The maximum Gasteiger partial charge on any atom is 0.153 e. The second kappa shape index (κ2) is 13.6. The summed E-state index contributed by atoms with van der Waals surface area (Å²) in [7, 11) is 0. The van der Waals surface area contributed by atoms with Crippen LogP contribution in [0, 0.1) is 13.8 Å². The summed E-state index contributed by atoms with van der Waals surface area (Å²) < 4.78 is 0. The highest BCUT2D eigenvalue weighted by molar-refractivity contribution is 6.11. The van der Waals surface area contributed by atoms with Crippen molar-refractivity contribution < 1.29 is 9.59 Å². The van der Waals surface area contributed by atoms with Gasteiger partial charge in [-0.05, 0) is 88.3 Å². The zero-order valence-corrected chi connectivity index (χ0v) is 27.0. The molecular formula is C43H39NO2. The number of anilines is 3. The van der Waals surface area contributed by atoms with Crippen LogP contribution in [0.4, 0.5) is 17.1 Å². The van der Waals surface area contributed by atoms with Gasteiger partial charge in [0.05, 0.1) is 16.9 Å². The van der Waals surface area contributed by atoms with E-state index >= 15 is 0 Å². The molecule has 3 nitrogen and oxygen atoms in total. The number of hydrogen-bond donors (Lipinski definition) is 0. The van der Waals surface area contributed by atoms with Crippen LogP contribution in [0.25, 0.3) is 16.3 Å². The average Bonchev–Trinajstić information content (AvgIpc) is 3.08. The van der Waals surface area contributed by atoms with Crippen LogP contribution in [0.2, 0.25) is 0 Å². The van der Waals surface area contributed by atoms with E-state index < -0.39 is 0 Å². The zero-order valence-electron chi connectivity index (χ0n) is 27.0. The van der Waals surface area contributed by atoms with Crippen molar-refractivity contribution in [3.63, 3.8) is 0 Å². The molecule has 0 bridgehead atoms. The van der Waals surface area contributed by atoms with Crippen molar-refractivity contribution >= 4 is 46.0 Å². The van der Waals surface area contributed by atoms with Gasteiger partial charge in [0.2, 0.25) is 0 Å². The number of fused-ring (bicyclic) bond motifs is 3. The monoisotopic (exact) mass is 601 g/mol. The number of benzene rings is 5. The van der Waals surface area contributed by atoms with Gasteiger partial charge in [0.1, 0.15) is 0 Å². The van der Waals surface area contributed by atoms with Crippen LogP contribution in [-0.2, 0) is 15.0 Å². The number of aryl methyl sites for hydroxylation is 2. The lowest BCUT2D eigenvalue weighted by atomic mass is 9.72. The first-order chi connectivity index (χ1) is 22.2. The Kier molecular flexibility index (Phi) is 9.44. The summed E-state index contributed by atoms with van der Waals surface area (Å²) in [6.07, 6.45) is 6.21. The van der Waals surface area contributed by atoms with E-state index in [4.69, 9.17) is 0 Å². The molecule has 5 aromatic rings.